The SMILES string of the molecule is OC[C@@H](O)c1ccc(F)cc1. The Morgan fingerprint density at radius 2 is 1.82 bits per heavy atom. The first-order valence-corrected chi connectivity index (χ1v) is 3.28. The molecular formula is C8H9FO2. The lowest BCUT2D eigenvalue weighted by atomic mass is 10.1. The van der Waals surface area contributed by atoms with Gasteiger partial charge in [0.2, 0.25) is 0 Å². The van der Waals surface area contributed by atoms with Crippen molar-refractivity contribution in [1.82, 2.24) is 0 Å². The second-order valence-corrected chi connectivity index (χ2v) is 2.25. The maximum absolute atomic E-state index is 12.3. The molecule has 3 heteroatoms. The van der Waals surface area contributed by atoms with Crippen LogP contribution in [0.15, 0.2) is 24.3 Å². The van der Waals surface area contributed by atoms with Gasteiger partial charge in [0.1, 0.15) is 11.9 Å². The molecule has 11 heavy (non-hydrogen) atoms. The monoisotopic (exact) mass is 156 g/mol. The number of rotatable bonds is 2. The van der Waals surface area contributed by atoms with Crippen molar-refractivity contribution >= 4 is 0 Å². The van der Waals surface area contributed by atoms with E-state index in [1.165, 1.54) is 24.3 Å². The van der Waals surface area contributed by atoms with Crippen molar-refractivity contribution in [2.45, 2.75) is 6.10 Å². The van der Waals surface area contributed by atoms with Gasteiger partial charge in [-0.05, 0) is 17.7 Å². The van der Waals surface area contributed by atoms with Crippen LogP contribution in [-0.2, 0) is 0 Å². The van der Waals surface area contributed by atoms with Gasteiger partial charge in [-0.1, -0.05) is 12.1 Å². The van der Waals surface area contributed by atoms with E-state index in [9.17, 15) is 4.39 Å². The van der Waals surface area contributed by atoms with Gasteiger partial charge >= 0.3 is 0 Å². The van der Waals surface area contributed by atoms with E-state index in [0.717, 1.165) is 0 Å². The number of aliphatic hydroxyl groups is 2. The van der Waals surface area contributed by atoms with Crippen molar-refractivity contribution in [3.8, 4) is 0 Å². The Balaban J connectivity index is 2.81. The predicted octanol–water partition coefficient (Wildman–Crippen LogP) is 0.851. The number of benzene rings is 1. The van der Waals surface area contributed by atoms with Gasteiger partial charge in [-0.15, -0.1) is 0 Å². The lowest BCUT2D eigenvalue weighted by Gasteiger charge is -2.05. The van der Waals surface area contributed by atoms with Crippen LogP contribution in [0.4, 0.5) is 4.39 Å². The zero-order chi connectivity index (χ0) is 8.27. The highest BCUT2D eigenvalue weighted by Gasteiger charge is 2.03. The topological polar surface area (TPSA) is 40.5 Å². The predicted molar refractivity (Wildman–Crippen MR) is 38.4 cm³/mol. The number of hydrogen-bond acceptors (Lipinski definition) is 2. The number of halogens is 1. The van der Waals surface area contributed by atoms with Gasteiger partial charge in [-0.25, -0.2) is 4.39 Å². The number of hydrogen-bond donors (Lipinski definition) is 2. The minimum absolute atomic E-state index is 0.342. The number of aliphatic hydroxyl groups excluding tert-OH is 2. The molecule has 0 fully saturated rings. The quantitative estimate of drug-likeness (QED) is 0.666. The molecule has 0 bridgehead atoms. The van der Waals surface area contributed by atoms with E-state index in [4.69, 9.17) is 10.2 Å². The Hall–Kier alpha value is -0.930. The average molecular weight is 156 g/mol. The summed E-state index contributed by atoms with van der Waals surface area (Å²) in [5, 5.41) is 17.6. The minimum Gasteiger partial charge on any atom is -0.393 e. The molecule has 0 saturated carbocycles. The van der Waals surface area contributed by atoms with E-state index in [0.29, 0.717) is 5.56 Å². The smallest absolute Gasteiger partial charge is 0.123 e. The molecule has 0 aliphatic rings. The zero-order valence-electron chi connectivity index (χ0n) is 5.87. The second-order valence-electron chi connectivity index (χ2n) is 2.25. The molecule has 0 amide bonds. The van der Waals surface area contributed by atoms with E-state index in [-0.39, 0.29) is 12.4 Å². The highest BCUT2D eigenvalue weighted by atomic mass is 19.1. The summed E-state index contributed by atoms with van der Waals surface area (Å²) in [5.74, 6) is -0.348. The van der Waals surface area contributed by atoms with Gasteiger partial charge < -0.3 is 10.2 Å². The van der Waals surface area contributed by atoms with Gasteiger partial charge in [0.15, 0.2) is 0 Å². The Kier molecular flexibility index (Phi) is 2.57. The fourth-order valence-corrected chi connectivity index (χ4v) is 0.790. The van der Waals surface area contributed by atoms with Crippen molar-refractivity contribution in [1.29, 1.82) is 0 Å². The van der Waals surface area contributed by atoms with E-state index in [1.807, 2.05) is 0 Å². The van der Waals surface area contributed by atoms with Crippen LogP contribution in [0.1, 0.15) is 11.7 Å². The van der Waals surface area contributed by atoms with E-state index >= 15 is 0 Å². The maximum atomic E-state index is 12.3. The molecular weight excluding hydrogens is 147 g/mol. The lowest BCUT2D eigenvalue weighted by molar-refractivity contribution is 0.0955. The highest BCUT2D eigenvalue weighted by Crippen LogP contribution is 2.11. The van der Waals surface area contributed by atoms with Gasteiger partial charge in [0, 0.05) is 0 Å². The van der Waals surface area contributed by atoms with Gasteiger partial charge in [0.05, 0.1) is 6.61 Å². The third-order valence-electron chi connectivity index (χ3n) is 1.43. The third kappa shape index (κ3) is 2.00. The molecule has 1 aromatic carbocycles. The van der Waals surface area contributed by atoms with Crippen molar-refractivity contribution in [2.75, 3.05) is 6.61 Å². The molecule has 2 N–H and O–H groups in total. The standard InChI is InChI=1S/C8H9FO2/c9-7-3-1-6(2-4-7)8(11)5-10/h1-4,8,10-11H,5H2/t8-/m1/s1. The second kappa shape index (κ2) is 3.46. The third-order valence-corrected chi connectivity index (χ3v) is 1.43. The summed E-state index contributed by atoms with van der Waals surface area (Å²) in [6, 6.07) is 5.37. The highest BCUT2D eigenvalue weighted by molar-refractivity contribution is 5.18. The fourth-order valence-electron chi connectivity index (χ4n) is 0.790. The van der Waals surface area contributed by atoms with Crippen molar-refractivity contribution in [2.24, 2.45) is 0 Å². The molecule has 0 saturated heterocycles. The normalized spacial score (nSPS) is 13.0. The Morgan fingerprint density at radius 1 is 1.27 bits per heavy atom. The Labute approximate surface area is 63.9 Å². The summed E-state index contributed by atoms with van der Waals surface area (Å²) in [7, 11) is 0. The van der Waals surface area contributed by atoms with Crippen molar-refractivity contribution in [3.05, 3.63) is 35.6 Å². The molecule has 1 atom stereocenters. The molecule has 0 heterocycles. The van der Waals surface area contributed by atoms with Gasteiger partial charge in [-0.2, -0.15) is 0 Å². The molecule has 0 aromatic heterocycles. The average Bonchev–Trinajstić information content (AvgIpc) is 2.05. The first kappa shape index (κ1) is 8.17. The minimum atomic E-state index is -0.907. The Morgan fingerprint density at radius 3 is 2.27 bits per heavy atom. The van der Waals surface area contributed by atoms with Crippen LogP contribution in [0.25, 0.3) is 0 Å². The van der Waals surface area contributed by atoms with Gasteiger partial charge in [0.25, 0.3) is 0 Å². The van der Waals surface area contributed by atoms with Crippen LogP contribution in [-0.4, -0.2) is 16.8 Å². The molecule has 0 radical (unpaired) electrons. The van der Waals surface area contributed by atoms with Crippen LogP contribution in [0, 0.1) is 5.82 Å². The first-order valence-electron chi connectivity index (χ1n) is 3.28. The molecule has 0 unspecified atom stereocenters. The summed E-state index contributed by atoms with van der Waals surface area (Å²) < 4.78 is 12.3. The van der Waals surface area contributed by atoms with Crippen LogP contribution in [0.3, 0.4) is 0 Å². The van der Waals surface area contributed by atoms with Gasteiger partial charge in [-0.3, -0.25) is 0 Å². The first-order chi connectivity index (χ1) is 5.24. The maximum Gasteiger partial charge on any atom is 0.123 e. The zero-order valence-corrected chi connectivity index (χ0v) is 5.87. The van der Waals surface area contributed by atoms with Crippen LogP contribution in [0.2, 0.25) is 0 Å². The summed E-state index contributed by atoms with van der Waals surface area (Å²) in [5.41, 5.74) is 0.522. The largest absolute Gasteiger partial charge is 0.393 e. The molecule has 1 aromatic rings. The van der Waals surface area contributed by atoms with Crippen molar-refractivity contribution < 1.29 is 14.6 Å². The summed E-state index contributed by atoms with van der Waals surface area (Å²) >= 11 is 0. The molecule has 0 aliphatic heterocycles. The van der Waals surface area contributed by atoms with E-state index in [2.05, 4.69) is 0 Å². The molecule has 60 valence electrons. The summed E-state index contributed by atoms with van der Waals surface area (Å²) in [6.45, 7) is -0.342. The fraction of sp³-hybridized carbons (Fsp3) is 0.250. The molecule has 2 nitrogen and oxygen atoms in total. The van der Waals surface area contributed by atoms with E-state index in [1.54, 1.807) is 0 Å². The van der Waals surface area contributed by atoms with Crippen LogP contribution in [0.5, 0.6) is 0 Å². The lowest BCUT2D eigenvalue weighted by Crippen LogP contribution is -2.01. The van der Waals surface area contributed by atoms with Crippen LogP contribution >= 0.6 is 0 Å². The van der Waals surface area contributed by atoms with Crippen molar-refractivity contribution in [3.63, 3.8) is 0 Å². The molecule has 1 rings (SSSR count). The van der Waals surface area contributed by atoms with Crippen LogP contribution < -0.4 is 0 Å². The molecule has 0 aliphatic carbocycles. The summed E-state index contributed by atoms with van der Waals surface area (Å²) in [6.07, 6.45) is -0.907. The summed E-state index contributed by atoms with van der Waals surface area (Å²) in [4.78, 5) is 0. The Bertz CT molecular complexity index is 220. The molecule has 0 spiro atoms. The van der Waals surface area contributed by atoms with E-state index < -0.39 is 6.10 Å².